The van der Waals surface area contributed by atoms with E-state index < -0.39 is 0 Å². The van der Waals surface area contributed by atoms with Crippen molar-refractivity contribution in [3.63, 3.8) is 0 Å². The van der Waals surface area contributed by atoms with Crippen LogP contribution >= 0.6 is 0 Å². The molecule has 3 heteroatoms. The Morgan fingerprint density at radius 1 is 1.41 bits per heavy atom. The van der Waals surface area contributed by atoms with Gasteiger partial charge in [0.2, 0.25) is 0 Å². The van der Waals surface area contributed by atoms with Gasteiger partial charge < -0.3 is 9.73 Å². The molecule has 3 nitrogen and oxygen atoms in total. The van der Waals surface area contributed by atoms with E-state index in [2.05, 4.69) is 30.1 Å². The normalized spacial score (nSPS) is 26.3. The number of likely N-dealkylation sites (tertiary alicyclic amines) is 1. The number of furan rings is 1. The topological polar surface area (TPSA) is 28.4 Å². The zero-order valence-corrected chi connectivity index (χ0v) is 11.2. The van der Waals surface area contributed by atoms with Gasteiger partial charge in [0.05, 0.1) is 12.8 Å². The smallest absolute Gasteiger partial charge is 0.122 e. The van der Waals surface area contributed by atoms with E-state index in [9.17, 15) is 0 Å². The minimum atomic E-state index is 0.798. The van der Waals surface area contributed by atoms with Crippen LogP contribution < -0.4 is 5.32 Å². The fourth-order valence-corrected chi connectivity index (χ4v) is 2.55. The van der Waals surface area contributed by atoms with Crippen molar-refractivity contribution < 1.29 is 4.42 Å². The summed E-state index contributed by atoms with van der Waals surface area (Å²) in [7, 11) is 1.97. The number of nitrogens with zero attached hydrogens (tertiary/aromatic N) is 1. The van der Waals surface area contributed by atoms with Crippen LogP contribution in [0.4, 0.5) is 0 Å². The maximum absolute atomic E-state index is 5.60. The average Bonchev–Trinajstić information content (AvgIpc) is 2.72. The molecule has 0 radical (unpaired) electrons. The van der Waals surface area contributed by atoms with Crippen LogP contribution in [0.1, 0.15) is 31.6 Å². The van der Waals surface area contributed by atoms with Crippen molar-refractivity contribution in [2.75, 3.05) is 20.1 Å². The molecule has 1 aliphatic heterocycles. The summed E-state index contributed by atoms with van der Waals surface area (Å²) in [6, 6.07) is 2.07. The molecule has 1 N–H and O–H groups in total. The quantitative estimate of drug-likeness (QED) is 0.870. The summed E-state index contributed by atoms with van der Waals surface area (Å²) in [4.78, 5) is 2.52. The van der Waals surface area contributed by atoms with Crippen LogP contribution in [0.25, 0.3) is 0 Å². The molecule has 1 saturated heterocycles. The Morgan fingerprint density at radius 3 is 2.94 bits per heavy atom. The molecular weight excluding hydrogens is 212 g/mol. The molecule has 0 aliphatic carbocycles. The molecule has 2 unspecified atom stereocenters. The third-order valence-corrected chi connectivity index (χ3v) is 3.99. The van der Waals surface area contributed by atoms with E-state index in [1.165, 1.54) is 25.1 Å². The van der Waals surface area contributed by atoms with Crippen molar-refractivity contribution in [3.8, 4) is 0 Å². The molecule has 1 aliphatic rings. The zero-order valence-electron chi connectivity index (χ0n) is 11.2. The maximum Gasteiger partial charge on any atom is 0.122 e. The molecule has 2 rings (SSSR count). The van der Waals surface area contributed by atoms with Gasteiger partial charge in [0.25, 0.3) is 0 Å². The number of nitrogens with one attached hydrogen (secondary N) is 1. The predicted octanol–water partition coefficient (Wildman–Crippen LogP) is 2.48. The van der Waals surface area contributed by atoms with Gasteiger partial charge in [0.1, 0.15) is 5.76 Å². The monoisotopic (exact) mass is 236 g/mol. The molecule has 96 valence electrons. The molecule has 0 aromatic carbocycles. The van der Waals surface area contributed by atoms with Crippen molar-refractivity contribution in [2.24, 2.45) is 11.8 Å². The summed E-state index contributed by atoms with van der Waals surface area (Å²) in [5.41, 5.74) is 1.29. The highest BCUT2D eigenvalue weighted by molar-refractivity contribution is 5.16. The lowest BCUT2D eigenvalue weighted by molar-refractivity contribution is 0.124. The lowest BCUT2D eigenvalue weighted by atomic mass is 9.88. The summed E-state index contributed by atoms with van der Waals surface area (Å²) in [5.74, 6) is 2.78. The fraction of sp³-hybridized carbons (Fsp3) is 0.714. The highest BCUT2D eigenvalue weighted by Gasteiger charge is 2.23. The molecule has 0 bridgehead atoms. The maximum atomic E-state index is 5.60. The van der Waals surface area contributed by atoms with Crippen molar-refractivity contribution in [2.45, 2.75) is 33.4 Å². The summed E-state index contributed by atoms with van der Waals surface area (Å²) in [6.07, 6.45) is 3.11. The van der Waals surface area contributed by atoms with Crippen LogP contribution in [0, 0.1) is 11.8 Å². The van der Waals surface area contributed by atoms with Crippen molar-refractivity contribution >= 4 is 0 Å². The minimum Gasteiger partial charge on any atom is -0.468 e. The van der Waals surface area contributed by atoms with E-state index in [-0.39, 0.29) is 0 Å². The van der Waals surface area contributed by atoms with E-state index in [0.717, 1.165) is 30.7 Å². The van der Waals surface area contributed by atoms with Crippen LogP contribution in [0.5, 0.6) is 0 Å². The molecule has 0 spiro atoms. The molecule has 1 aromatic heterocycles. The summed E-state index contributed by atoms with van der Waals surface area (Å²) < 4.78 is 5.60. The second-order valence-corrected chi connectivity index (χ2v) is 5.38. The van der Waals surface area contributed by atoms with Gasteiger partial charge >= 0.3 is 0 Å². The first kappa shape index (κ1) is 12.7. The number of rotatable bonds is 4. The first-order chi connectivity index (χ1) is 8.20. The Hall–Kier alpha value is -0.800. The number of piperidine rings is 1. The third kappa shape index (κ3) is 3.11. The van der Waals surface area contributed by atoms with Crippen LogP contribution in [0.15, 0.2) is 16.7 Å². The first-order valence-corrected chi connectivity index (χ1v) is 6.63. The molecule has 1 fully saturated rings. The third-order valence-electron chi connectivity index (χ3n) is 3.99. The Labute approximate surface area is 104 Å². The molecule has 2 atom stereocenters. The molecule has 17 heavy (non-hydrogen) atoms. The Morgan fingerprint density at radius 2 is 2.24 bits per heavy atom. The van der Waals surface area contributed by atoms with E-state index in [1.54, 1.807) is 6.26 Å². The van der Waals surface area contributed by atoms with Gasteiger partial charge in [-0.3, -0.25) is 4.90 Å². The molecule has 0 amide bonds. The fourth-order valence-electron chi connectivity index (χ4n) is 2.55. The van der Waals surface area contributed by atoms with Gasteiger partial charge in [0, 0.05) is 18.7 Å². The van der Waals surface area contributed by atoms with Gasteiger partial charge in [-0.15, -0.1) is 0 Å². The van der Waals surface area contributed by atoms with Crippen molar-refractivity contribution in [1.29, 1.82) is 0 Å². The second kappa shape index (κ2) is 5.69. The van der Waals surface area contributed by atoms with E-state index in [0.29, 0.717) is 0 Å². The summed E-state index contributed by atoms with van der Waals surface area (Å²) >= 11 is 0. The molecular formula is C14H24N2O. The predicted molar refractivity (Wildman–Crippen MR) is 69.7 cm³/mol. The highest BCUT2D eigenvalue weighted by Crippen LogP contribution is 2.24. The van der Waals surface area contributed by atoms with Crippen LogP contribution in [-0.4, -0.2) is 25.0 Å². The standard InChI is InChI=1S/C14H24N2O/c1-11-4-6-16(9-12(11)2)10-14-13(8-15-3)5-7-17-14/h5,7,11-12,15H,4,6,8-10H2,1-3H3. The lowest BCUT2D eigenvalue weighted by Gasteiger charge is -2.34. The molecule has 0 saturated carbocycles. The van der Waals surface area contributed by atoms with Crippen LogP contribution in [0.2, 0.25) is 0 Å². The summed E-state index contributed by atoms with van der Waals surface area (Å²) in [5, 5.41) is 3.19. The average molecular weight is 236 g/mol. The zero-order chi connectivity index (χ0) is 12.3. The first-order valence-electron chi connectivity index (χ1n) is 6.63. The van der Waals surface area contributed by atoms with Gasteiger partial charge in [-0.2, -0.15) is 0 Å². The summed E-state index contributed by atoms with van der Waals surface area (Å²) in [6.45, 7) is 8.97. The second-order valence-electron chi connectivity index (χ2n) is 5.38. The van der Waals surface area contributed by atoms with Gasteiger partial charge in [-0.1, -0.05) is 13.8 Å². The van der Waals surface area contributed by atoms with Crippen LogP contribution in [0.3, 0.4) is 0 Å². The largest absolute Gasteiger partial charge is 0.468 e. The molecule has 2 heterocycles. The Balaban J connectivity index is 1.94. The highest BCUT2D eigenvalue weighted by atomic mass is 16.3. The van der Waals surface area contributed by atoms with E-state index >= 15 is 0 Å². The number of hydrogen-bond acceptors (Lipinski definition) is 3. The van der Waals surface area contributed by atoms with E-state index in [1.807, 2.05) is 7.05 Å². The lowest BCUT2D eigenvalue weighted by Crippen LogP contribution is -2.37. The van der Waals surface area contributed by atoms with Gasteiger partial charge in [0.15, 0.2) is 0 Å². The Bertz CT molecular complexity index is 348. The van der Waals surface area contributed by atoms with Crippen molar-refractivity contribution in [1.82, 2.24) is 10.2 Å². The number of hydrogen-bond donors (Lipinski definition) is 1. The van der Waals surface area contributed by atoms with E-state index in [4.69, 9.17) is 4.42 Å². The van der Waals surface area contributed by atoms with Gasteiger partial charge in [-0.25, -0.2) is 0 Å². The Kier molecular flexibility index (Phi) is 4.24. The van der Waals surface area contributed by atoms with Crippen molar-refractivity contribution in [3.05, 3.63) is 23.7 Å². The van der Waals surface area contributed by atoms with Gasteiger partial charge in [-0.05, 0) is 37.9 Å². The molecule has 1 aromatic rings. The van der Waals surface area contributed by atoms with Crippen LogP contribution in [-0.2, 0) is 13.1 Å². The minimum absolute atomic E-state index is 0.798. The SMILES string of the molecule is CNCc1ccoc1CN1CCC(C)C(C)C1.